The molecule has 2 N–H and O–H groups in total. The van der Waals surface area contributed by atoms with Crippen molar-refractivity contribution in [1.82, 2.24) is 15.3 Å². The number of ether oxygens (including phenoxy) is 1. The molecular weight excluding hydrogens is 344 g/mol. The summed E-state index contributed by atoms with van der Waals surface area (Å²) in [6.45, 7) is 0.322. The number of aromatic nitrogens is 2. The summed E-state index contributed by atoms with van der Waals surface area (Å²) in [5.41, 5.74) is 2.70. The highest BCUT2D eigenvalue weighted by atomic mass is 16.5. The number of benzene rings is 1. The number of hydrogen-bond acceptors (Lipinski definition) is 6. The van der Waals surface area contributed by atoms with Crippen molar-refractivity contribution in [3.63, 3.8) is 0 Å². The zero-order chi connectivity index (χ0) is 19.1. The SMILES string of the molecule is COC(=O)c1ccccc1Nc1cncc(C(=O)NCc2ccccn2)c1. The summed E-state index contributed by atoms with van der Waals surface area (Å²) >= 11 is 0. The summed E-state index contributed by atoms with van der Waals surface area (Å²) in [6, 6.07) is 14.1. The van der Waals surface area contributed by atoms with Crippen molar-refractivity contribution < 1.29 is 14.3 Å². The van der Waals surface area contributed by atoms with Gasteiger partial charge >= 0.3 is 5.97 Å². The lowest BCUT2D eigenvalue weighted by atomic mass is 10.1. The van der Waals surface area contributed by atoms with Crippen molar-refractivity contribution in [2.24, 2.45) is 0 Å². The number of nitrogens with zero attached hydrogens (tertiary/aromatic N) is 2. The average molecular weight is 362 g/mol. The third-order valence-electron chi connectivity index (χ3n) is 3.77. The number of nitrogens with one attached hydrogen (secondary N) is 2. The van der Waals surface area contributed by atoms with Crippen molar-refractivity contribution in [1.29, 1.82) is 0 Å². The molecule has 7 heteroatoms. The van der Waals surface area contributed by atoms with E-state index in [1.165, 1.54) is 13.3 Å². The summed E-state index contributed by atoms with van der Waals surface area (Å²) < 4.78 is 4.79. The smallest absolute Gasteiger partial charge is 0.339 e. The Kier molecular flexibility index (Phi) is 5.73. The molecule has 1 aromatic carbocycles. The van der Waals surface area contributed by atoms with Gasteiger partial charge in [-0.3, -0.25) is 14.8 Å². The third kappa shape index (κ3) is 4.66. The van der Waals surface area contributed by atoms with Crippen LogP contribution in [-0.2, 0) is 11.3 Å². The van der Waals surface area contributed by atoms with E-state index in [2.05, 4.69) is 20.6 Å². The third-order valence-corrected chi connectivity index (χ3v) is 3.77. The fourth-order valence-electron chi connectivity index (χ4n) is 2.44. The Morgan fingerprint density at radius 1 is 1.07 bits per heavy atom. The lowest BCUT2D eigenvalue weighted by molar-refractivity contribution is 0.0601. The Balaban J connectivity index is 1.72. The van der Waals surface area contributed by atoms with E-state index >= 15 is 0 Å². The van der Waals surface area contributed by atoms with Crippen LogP contribution >= 0.6 is 0 Å². The largest absolute Gasteiger partial charge is 0.465 e. The van der Waals surface area contributed by atoms with Crippen molar-refractivity contribution >= 4 is 23.3 Å². The van der Waals surface area contributed by atoms with Gasteiger partial charge in [0, 0.05) is 12.4 Å². The molecule has 1 amide bonds. The van der Waals surface area contributed by atoms with Crippen LogP contribution in [0.5, 0.6) is 0 Å². The Morgan fingerprint density at radius 3 is 2.67 bits per heavy atom. The molecule has 3 aromatic rings. The summed E-state index contributed by atoms with van der Waals surface area (Å²) in [5, 5.41) is 5.90. The summed E-state index contributed by atoms with van der Waals surface area (Å²) in [7, 11) is 1.33. The van der Waals surface area contributed by atoms with Crippen LogP contribution in [0.2, 0.25) is 0 Å². The van der Waals surface area contributed by atoms with Crippen LogP contribution in [0.3, 0.4) is 0 Å². The van der Waals surface area contributed by atoms with Crippen molar-refractivity contribution in [2.75, 3.05) is 12.4 Å². The number of hydrogen-bond donors (Lipinski definition) is 2. The van der Waals surface area contributed by atoms with E-state index in [9.17, 15) is 9.59 Å². The highest BCUT2D eigenvalue weighted by Crippen LogP contribution is 2.21. The van der Waals surface area contributed by atoms with Gasteiger partial charge in [0.25, 0.3) is 5.91 Å². The molecule has 0 aliphatic carbocycles. The fraction of sp³-hybridized carbons (Fsp3) is 0.100. The molecule has 0 atom stereocenters. The van der Waals surface area contributed by atoms with Gasteiger partial charge in [-0.15, -0.1) is 0 Å². The first kappa shape index (κ1) is 18.1. The lowest BCUT2D eigenvalue weighted by Gasteiger charge is -2.11. The number of carbonyl (C=O) groups is 2. The van der Waals surface area contributed by atoms with E-state index in [1.54, 1.807) is 42.7 Å². The van der Waals surface area contributed by atoms with Crippen LogP contribution in [0.15, 0.2) is 67.1 Å². The van der Waals surface area contributed by atoms with E-state index in [0.717, 1.165) is 5.69 Å². The van der Waals surface area contributed by atoms with E-state index in [0.29, 0.717) is 29.0 Å². The molecule has 0 saturated carbocycles. The molecule has 0 fully saturated rings. The Bertz CT molecular complexity index is 945. The van der Waals surface area contributed by atoms with Gasteiger partial charge in [-0.2, -0.15) is 0 Å². The Morgan fingerprint density at radius 2 is 1.89 bits per heavy atom. The quantitative estimate of drug-likeness (QED) is 0.655. The van der Waals surface area contributed by atoms with Crippen LogP contribution in [0, 0.1) is 0 Å². The predicted octanol–water partition coefficient (Wildman–Crippen LogP) is 2.94. The molecule has 0 aliphatic heterocycles. The number of methoxy groups -OCH3 is 1. The van der Waals surface area contributed by atoms with Gasteiger partial charge < -0.3 is 15.4 Å². The summed E-state index contributed by atoms with van der Waals surface area (Å²) in [5.74, 6) is -0.714. The maximum Gasteiger partial charge on any atom is 0.339 e. The van der Waals surface area contributed by atoms with Crippen LogP contribution in [0.1, 0.15) is 26.4 Å². The second-order valence-electron chi connectivity index (χ2n) is 5.63. The minimum atomic E-state index is -0.449. The molecule has 0 saturated heterocycles. The maximum absolute atomic E-state index is 12.4. The van der Waals surface area contributed by atoms with Gasteiger partial charge in [0.2, 0.25) is 0 Å². The molecular formula is C20H18N4O3. The normalized spacial score (nSPS) is 10.1. The molecule has 136 valence electrons. The predicted molar refractivity (Wildman–Crippen MR) is 101 cm³/mol. The molecule has 0 radical (unpaired) electrons. The average Bonchev–Trinajstić information content (AvgIpc) is 2.73. The van der Waals surface area contributed by atoms with Crippen LogP contribution in [-0.4, -0.2) is 29.0 Å². The Hall–Kier alpha value is -3.74. The fourth-order valence-corrected chi connectivity index (χ4v) is 2.44. The highest BCUT2D eigenvalue weighted by molar-refractivity contribution is 5.97. The van der Waals surface area contributed by atoms with E-state index in [-0.39, 0.29) is 5.91 Å². The Labute approximate surface area is 156 Å². The number of rotatable bonds is 6. The molecule has 0 spiro atoms. The molecule has 0 unspecified atom stereocenters. The van der Waals surface area contributed by atoms with Gasteiger partial charge in [0.15, 0.2) is 0 Å². The van der Waals surface area contributed by atoms with Gasteiger partial charge in [-0.1, -0.05) is 18.2 Å². The minimum Gasteiger partial charge on any atom is -0.465 e. The molecule has 2 heterocycles. The zero-order valence-electron chi connectivity index (χ0n) is 14.7. The maximum atomic E-state index is 12.4. The number of pyridine rings is 2. The van der Waals surface area contributed by atoms with Gasteiger partial charge in [-0.25, -0.2) is 4.79 Å². The monoisotopic (exact) mass is 362 g/mol. The van der Waals surface area contributed by atoms with Crippen LogP contribution in [0.25, 0.3) is 0 Å². The van der Waals surface area contributed by atoms with Crippen molar-refractivity contribution in [3.05, 3.63) is 83.9 Å². The molecule has 7 nitrogen and oxygen atoms in total. The molecule has 0 aliphatic rings. The number of para-hydroxylation sites is 1. The minimum absolute atomic E-state index is 0.266. The second kappa shape index (κ2) is 8.57. The van der Waals surface area contributed by atoms with Crippen molar-refractivity contribution in [2.45, 2.75) is 6.54 Å². The molecule has 2 aromatic heterocycles. The second-order valence-corrected chi connectivity index (χ2v) is 5.63. The van der Waals surface area contributed by atoms with Crippen LogP contribution < -0.4 is 10.6 Å². The van der Waals surface area contributed by atoms with E-state index < -0.39 is 5.97 Å². The van der Waals surface area contributed by atoms with Crippen LogP contribution in [0.4, 0.5) is 11.4 Å². The van der Waals surface area contributed by atoms with E-state index in [4.69, 9.17) is 4.74 Å². The molecule has 3 rings (SSSR count). The first-order valence-corrected chi connectivity index (χ1v) is 8.25. The van der Waals surface area contributed by atoms with Gasteiger partial charge in [0.05, 0.1) is 48.0 Å². The number of anilines is 2. The summed E-state index contributed by atoms with van der Waals surface area (Å²) in [4.78, 5) is 32.5. The zero-order valence-corrected chi connectivity index (χ0v) is 14.7. The first-order chi connectivity index (χ1) is 13.2. The summed E-state index contributed by atoms with van der Waals surface area (Å²) in [6.07, 6.45) is 4.72. The van der Waals surface area contributed by atoms with E-state index in [1.807, 2.05) is 18.2 Å². The molecule has 0 bridgehead atoms. The lowest BCUT2D eigenvalue weighted by Crippen LogP contribution is -2.23. The first-order valence-electron chi connectivity index (χ1n) is 8.25. The highest BCUT2D eigenvalue weighted by Gasteiger charge is 2.12. The standard InChI is InChI=1S/C20H18N4O3/c1-27-20(26)17-7-2-3-8-18(17)24-16-10-14(11-21-12-16)19(25)23-13-15-6-4-5-9-22-15/h2-12,24H,13H2,1H3,(H,23,25). The van der Waals surface area contributed by atoms with Gasteiger partial charge in [-0.05, 0) is 30.3 Å². The number of carbonyl (C=O) groups excluding carboxylic acids is 2. The topological polar surface area (TPSA) is 93.2 Å². The number of amides is 1. The van der Waals surface area contributed by atoms with Gasteiger partial charge in [0.1, 0.15) is 0 Å². The van der Waals surface area contributed by atoms with Crippen molar-refractivity contribution in [3.8, 4) is 0 Å². The number of esters is 1. The molecule has 27 heavy (non-hydrogen) atoms.